The van der Waals surface area contributed by atoms with Crippen LogP contribution in [0.5, 0.6) is 5.75 Å². The summed E-state index contributed by atoms with van der Waals surface area (Å²) in [5.74, 6) is 0.0674. The van der Waals surface area contributed by atoms with Crippen molar-refractivity contribution >= 4 is 34.8 Å². The predicted molar refractivity (Wildman–Crippen MR) is 95.5 cm³/mol. The van der Waals surface area contributed by atoms with Crippen LogP contribution in [0.1, 0.15) is 20.3 Å². The molecule has 0 saturated heterocycles. The zero-order chi connectivity index (χ0) is 17.5. The van der Waals surface area contributed by atoms with Crippen LogP contribution in [0.3, 0.4) is 0 Å². The molecule has 5 nitrogen and oxygen atoms in total. The maximum Gasteiger partial charge on any atom is 0.265 e. The summed E-state index contributed by atoms with van der Waals surface area (Å²) in [6.07, 6.45) is -0.152. The van der Waals surface area contributed by atoms with E-state index in [0.29, 0.717) is 28.6 Å². The SMILES string of the molecule is CC[C@@H](Oc1ccccc1Cl)C(=O)Nc1ccc(NC(C)=O)cc1. The van der Waals surface area contributed by atoms with Crippen molar-refractivity contribution in [2.75, 3.05) is 10.6 Å². The number of ether oxygens (including phenoxy) is 1. The number of anilines is 2. The van der Waals surface area contributed by atoms with Crippen LogP contribution in [0.4, 0.5) is 11.4 Å². The largest absolute Gasteiger partial charge is 0.479 e. The number of benzene rings is 2. The highest BCUT2D eigenvalue weighted by Crippen LogP contribution is 2.25. The summed E-state index contributed by atoms with van der Waals surface area (Å²) in [5, 5.41) is 5.92. The number of amides is 2. The molecule has 6 heteroatoms. The Morgan fingerprint density at radius 3 is 2.17 bits per heavy atom. The fourth-order valence-corrected chi connectivity index (χ4v) is 2.26. The lowest BCUT2D eigenvalue weighted by atomic mass is 10.2. The highest BCUT2D eigenvalue weighted by atomic mass is 35.5. The molecule has 0 aliphatic carbocycles. The van der Waals surface area contributed by atoms with Crippen molar-refractivity contribution in [3.05, 3.63) is 53.6 Å². The molecule has 0 aliphatic rings. The molecule has 2 aromatic carbocycles. The van der Waals surface area contributed by atoms with Crippen molar-refractivity contribution in [1.29, 1.82) is 0 Å². The Hall–Kier alpha value is -2.53. The van der Waals surface area contributed by atoms with E-state index in [2.05, 4.69) is 10.6 Å². The van der Waals surface area contributed by atoms with Gasteiger partial charge in [-0.25, -0.2) is 0 Å². The third-order valence-electron chi connectivity index (χ3n) is 3.24. The van der Waals surface area contributed by atoms with Gasteiger partial charge in [0.2, 0.25) is 5.91 Å². The van der Waals surface area contributed by atoms with Gasteiger partial charge in [0, 0.05) is 18.3 Å². The van der Waals surface area contributed by atoms with E-state index in [1.807, 2.05) is 6.92 Å². The summed E-state index contributed by atoms with van der Waals surface area (Å²) in [6.45, 7) is 3.30. The van der Waals surface area contributed by atoms with E-state index in [9.17, 15) is 9.59 Å². The summed E-state index contributed by atoms with van der Waals surface area (Å²) >= 11 is 6.06. The van der Waals surface area contributed by atoms with Gasteiger partial charge < -0.3 is 15.4 Å². The lowest BCUT2D eigenvalue weighted by molar-refractivity contribution is -0.122. The van der Waals surface area contributed by atoms with E-state index in [1.54, 1.807) is 48.5 Å². The molecule has 0 radical (unpaired) electrons. The van der Waals surface area contributed by atoms with E-state index in [-0.39, 0.29) is 11.8 Å². The molecule has 0 heterocycles. The van der Waals surface area contributed by atoms with Gasteiger partial charge in [0.05, 0.1) is 5.02 Å². The van der Waals surface area contributed by atoms with Crippen molar-refractivity contribution in [3.63, 3.8) is 0 Å². The van der Waals surface area contributed by atoms with E-state index in [0.717, 1.165) is 0 Å². The smallest absolute Gasteiger partial charge is 0.265 e. The Morgan fingerprint density at radius 2 is 1.62 bits per heavy atom. The fraction of sp³-hybridized carbons (Fsp3) is 0.222. The zero-order valence-corrected chi connectivity index (χ0v) is 14.3. The van der Waals surface area contributed by atoms with Gasteiger partial charge in [0.15, 0.2) is 6.10 Å². The highest BCUT2D eigenvalue weighted by molar-refractivity contribution is 6.32. The first-order valence-corrected chi connectivity index (χ1v) is 7.97. The van der Waals surface area contributed by atoms with Crippen LogP contribution in [0.15, 0.2) is 48.5 Å². The average Bonchev–Trinajstić information content (AvgIpc) is 2.55. The minimum atomic E-state index is -0.653. The Kier molecular flexibility index (Phi) is 6.21. The first-order valence-electron chi connectivity index (χ1n) is 7.59. The van der Waals surface area contributed by atoms with Crippen LogP contribution in [-0.2, 0) is 9.59 Å². The third kappa shape index (κ3) is 4.99. The van der Waals surface area contributed by atoms with Crippen LogP contribution >= 0.6 is 11.6 Å². The van der Waals surface area contributed by atoms with Gasteiger partial charge in [-0.2, -0.15) is 0 Å². The lowest BCUT2D eigenvalue weighted by Crippen LogP contribution is -2.32. The quantitative estimate of drug-likeness (QED) is 0.827. The van der Waals surface area contributed by atoms with Crippen molar-refractivity contribution in [2.45, 2.75) is 26.4 Å². The molecule has 0 fully saturated rings. The Labute approximate surface area is 146 Å². The molecule has 0 saturated carbocycles. The van der Waals surface area contributed by atoms with Crippen LogP contribution in [0, 0.1) is 0 Å². The zero-order valence-electron chi connectivity index (χ0n) is 13.5. The maximum atomic E-state index is 12.4. The number of carbonyl (C=O) groups is 2. The Balaban J connectivity index is 2.01. The topological polar surface area (TPSA) is 67.4 Å². The average molecular weight is 347 g/mol. The molecule has 2 amide bonds. The molecule has 0 spiro atoms. The molecule has 0 aromatic heterocycles. The van der Waals surface area contributed by atoms with Crippen molar-refractivity contribution in [2.24, 2.45) is 0 Å². The summed E-state index contributed by atoms with van der Waals surface area (Å²) in [6, 6.07) is 13.9. The number of para-hydroxylation sites is 1. The normalized spacial score (nSPS) is 11.5. The Bertz CT molecular complexity index is 716. The molecular weight excluding hydrogens is 328 g/mol. The molecule has 0 aliphatic heterocycles. The third-order valence-corrected chi connectivity index (χ3v) is 3.55. The fourth-order valence-electron chi connectivity index (χ4n) is 2.08. The highest BCUT2D eigenvalue weighted by Gasteiger charge is 2.19. The predicted octanol–water partition coefficient (Wildman–Crippen LogP) is 4.09. The Morgan fingerprint density at radius 1 is 1.04 bits per heavy atom. The molecule has 126 valence electrons. The van der Waals surface area contributed by atoms with Gasteiger partial charge in [-0.1, -0.05) is 30.7 Å². The molecule has 2 aromatic rings. The summed E-state index contributed by atoms with van der Waals surface area (Å²) in [4.78, 5) is 23.4. The number of carbonyl (C=O) groups excluding carboxylic acids is 2. The second kappa shape index (κ2) is 8.36. The van der Waals surface area contributed by atoms with Gasteiger partial charge >= 0.3 is 0 Å². The number of hydrogen-bond donors (Lipinski definition) is 2. The van der Waals surface area contributed by atoms with E-state index < -0.39 is 6.10 Å². The van der Waals surface area contributed by atoms with E-state index >= 15 is 0 Å². The van der Waals surface area contributed by atoms with Crippen molar-refractivity contribution < 1.29 is 14.3 Å². The van der Waals surface area contributed by atoms with Gasteiger partial charge in [0.25, 0.3) is 5.91 Å². The van der Waals surface area contributed by atoms with E-state index in [4.69, 9.17) is 16.3 Å². The molecule has 0 bridgehead atoms. The van der Waals surface area contributed by atoms with Gasteiger partial charge in [-0.3, -0.25) is 9.59 Å². The maximum absolute atomic E-state index is 12.4. The van der Waals surface area contributed by atoms with Gasteiger partial charge in [0.1, 0.15) is 5.75 Å². The van der Waals surface area contributed by atoms with Crippen LogP contribution < -0.4 is 15.4 Å². The first-order chi connectivity index (χ1) is 11.5. The minimum absolute atomic E-state index is 0.147. The molecular formula is C18H19ClN2O3. The molecule has 24 heavy (non-hydrogen) atoms. The second-order valence-corrected chi connectivity index (χ2v) is 5.60. The van der Waals surface area contributed by atoms with Crippen LogP contribution in [0.2, 0.25) is 5.02 Å². The van der Waals surface area contributed by atoms with Crippen LogP contribution in [0.25, 0.3) is 0 Å². The number of halogens is 1. The monoisotopic (exact) mass is 346 g/mol. The van der Waals surface area contributed by atoms with Crippen molar-refractivity contribution in [1.82, 2.24) is 0 Å². The van der Waals surface area contributed by atoms with Gasteiger partial charge in [-0.15, -0.1) is 0 Å². The van der Waals surface area contributed by atoms with Crippen molar-refractivity contribution in [3.8, 4) is 5.75 Å². The summed E-state index contributed by atoms with van der Waals surface area (Å²) < 4.78 is 5.70. The number of nitrogens with one attached hydrogen (secondary N) is 2. The number of hydrogen-bond acceptors (Lipinski definition) is 3. The van der Waals surface area contributed by atoms with Crippen LogP contribution in [-0.4, -0.2) is 17.9 Å². The minimum Gasteiger partial charge on any atom is -0.479 e. The number of rotatable bonds is 6. The molecule has 2 N–H and O–H groups in total. The molecule has 2 rings (SSSR count). The van der Waals surface area contributed by atoms with E-state index in [1.165, 1.54) is 6.92 Å². The van der Waals surface area contributed by atoms with Gasteiger partial charge in [-0.05, 0) is 42.8 Å². The molecule has 1 atom stereocenters. The summed E-state index contributed by atoms with van der Waals surface area (Å²) in [5.41, 5.74) is 1.29. The lowest BCUT2D eigenvalue weighted by Gasteiger charge is -2.18. The molecule has 0 unspecified atom stereocenters. The second-order valence-electron chi connectivity index (χ2n) is 5.19. The summed E-state index contributed by atoms with van der Waals surface area (Å²) in [7, 11) is 0. The standard InChI is InChI=1S/C18H19ClN2O3/c1-3-16(24-17-7-5-4-6-15(17)19)18(23)21-14-10-8-13(9-11-14)20-12(2)22/h4-11,16H,3H2,1-2H3,(H,20,22)(H,21,23)/t16-/m1/s1. The first kappa shape index (κ1) is 17.8.